The van der Waals surface area contributed by atoms with Crippen molar-refractivity contribution in [3.05, 3.63) is 35.9 Å². The maximum absolute atomic E-state index is 12.2. The summed E-state index contributed by atoms with van der Waals surface area (Å²) in [7, 11) is -2.46. The van der Waals surface area contributed by atoms with E-state index in [2.05, 4.69) is 0 Å². The van der Waals surface area contributed by atoms with Crippen LogP contribution in [-0.4, -0.2) is 37.8 Å². The molecule has 1 fully saturated rings. The van der Waals surface area contributed by atoms with Gasteiger partial charge < -0.3 is 14.3 Å². The topological polar surface area (TPSA) is 72.8 Å². The lowest BCUT2D eigenvalue weighted by Crippen LogP contribution is -2.42. The fourth-order valence-corrected chi connectivity index (χ4v) is 3.17. The first-order chi connectivity index (χ1) is 10.6. The molecule has 0 unspecified atom stereocenters. The zero-order chi connectivity index (χ0) is 17.3. The van der Waals surface area contributed by atoms with Gasteiger partial charge in [0.1, 0.15) is 12.7 Å². The van der Waals surface area contributed by atoms with Crippen LogP contribution >= 0.6 is 0 Å². The van der Waals surface area contributed by atoms with Crippen LogP contribution in [0.5, 0.6) is 0 Å². The molecule has 0 radical (unpaired) electrons. The Bertz CT molecular complexity index is 576. The van der Waals surface area contributed by atoms with Gasteiger partial charge in [-0.1, -0.05) is 32.0 Å². The Morgan fingerprint density at radius 2 is 1.96 bits per heavy atom. The molecule has 1 aliphatic rings. The van der Waals surface area contributed by atoms with Crippen LogP contribution < -0.4 is 0 Å². The van der Waals surface area contributed by atoms with Crippen LogP contribution in [-0.2, 0) is 14.3 Å². The molecular weight excluding hydrogens is 312 g/mol. The van der Waals surface area contributed by atoms with Gasteiger partial charge in [0.15, 0.2) is 8.32 Å². The highest BCUT2D eigenvalue weighted by Gasteiger charge is 2.47. The molecule has 1 aliphatic heterocycles. The van der Waals surface area contributed by atoms with Crippen LogP contribution in [0.25, 0.3) is 0 Å². The summed E-state index contributed by atoms with van der Waals surface area (Å²) < 4.78 is 10.6. The third-order valence-electron chi connectivity index (χ3n) is 4.80. The van der Waals surface area contributed by atoms with E-state index in [1.165, 1.54) is 0 Å². The second-order valence-electron chi connectivity index (χ2n) is 7.19. The smallest absolute Gasteiger partial charge is 0.338 e. The lowest BCUT2D eigenvalue weighted by molar-refractivity contribution is -0.141. The molecule has 6 heteroatoms. The SMILES string of the molecule is CC(C)(C[C@@H]1C(=O)OC[C@@H]1OC(=O)c1ccccc1)[Si](C)(C)O. The zero-order valence-corrected chi connectivity index (χ0v) is 15.0. The lowest BCUT2D eigenvalue weighted by Gasteiger charge is -2.37. The van der Waals surface area contributed by atoms with Gasteiger partial charge in [-0.15, -0.1) is 0 Å². The quantitative estimate of drug-likeness (QED) is 0.661. The number of rotatable bonds is 5. The van der Waals surface area contributed by atoms with Gasteiger partial charge in [-0.3, -0.25) is 4.79 Å². The van der Waals surface area contributed by atoms with Gasteiger partial charge in [-0.25, -0.2) is 4.79 Å². The summed E-state index contributed by atoms with van der Waals surface area (Å²) in [5, 5.41) is -0.390. The number of carbonyl (C=O) groups is 2. The van der Waals surface area contributed by atoms with Crippen molar-refractivity contribution in [3.63, 3.8) is 0 Å². The summed E-state index contributed by atoms with van der Waals surface area (Å²) in [5.74, 6) is -1.35. The molecule has 23 heavy (non-hydrogen) atoms. The number of ether oxygens (including phenoxy) is 2. The molecule has 0 saturated carbocycles. The minimum absolute atomic E-state index is 0.0750. The van der Waals surface area contributed by atoms with E-state index in [9.17, 15) is 14.4 Å². The molecule has 0 bridgehead atoms. The van der Waals surface area contributed by atoms with E-state index in [1.54, 1.807) is 24.3 Å². The molecule has 5 nitrogen and oxygen atoms in total. The number of carbonyl (C=O) groups excluding carboxylic acids is 2. The Hall–Kier alpha value is -1.66. The van der Waals surface area contributed by atoms with Crippen molar-refractivity contribution in [2.45, 2.75) is 44.5 Å². The predicted octanol–water partition coefficient (Wildman–Crippen LogP) is 2.75. The summed E-state index contributed by atoms with van der Waals surface area (Å²) in [6, 6.07) is 8.67. The first kappa shape index (κ1) is 17.7. The van der Waals surface area contributed by atoms with Crippen LogP contribution in [0.2, 0.25) is 18.1 Å². The van der Waals surface area contributed by atoms with Crippen LogP contribution in [0, 0.1) is 5.92 Å². The summed E-state index contributed by atoms with van der Waals surface area (Å²) in [6.07, 6.45) is -0.167. The van der Waals surface area contributed by atoms with Crippen molar-refractivity contribution in [2.24, 2.45) is 5.92 Å². The van der Waals surface area contributed by atoms with E-state index in [-0.39, 0.29) is 12.6 Å². The molecule has 2 rings (SSSR count). The van der Waals surface area contributed by atoms with Gasteiger partial charge in [0.25, 0.3) is 0 Å². The maximum atomic E-state index is 12.2. The van der Waals surface area contributed by atoms with E-state index in [1.807, 2.05) is 33.0 Å². The van der Waals surface area contributed by atoms with E-state index in [0.29, 0.717) is 12.0 Å². The highest BCUT2D eigenvalue weighted by molar-refractivity contribution is 6.72. The van der Waals surface area contributed by atoms with Crippen LogP contribution in [0.3, 0.4) is 0 Å². The van der Waals surface area contributed by atoms with Crippen LogP contribution in [0.15, 0.2) is 30.3 Å². The minimum Gasteiger partial charge on any atom is -0.461 e. The Morgan fingerprint density at radius 3 is 2.52 bits per heavy atom. The predicted molar refractivity (Wildman–Crippen MR) is 88.5 cm³/mol. The van der Waals surface area contributed by atoms with Gasteiger partial charge in [0.05, 0.1) is 11.5 Å². The average Bonchev–Trinajstić information content (AvgIpc) is 2.79. The molecule has 1 saturated heterocycles. The van der Waals surface area contributed by atoms with Crippen molar-refractivity contribution >= 4 is 20.3 Å². The van der Waals surface area contributed by atoms with Gasteiger partial charge in [-0.2, -0.15) is 0 Å². The third kappa shape index (κ3) is 4.00. The van der Waals surface area contributed by atoms with E-state index in [0.717, 1.165) is 0 Å². The molecule has 1 aromatic carbocycles. The normalized spacial score (nSPS) is 21.9. The average molecular weight is 336 g/mol. The molecule has 0 spiro atoms. The Balaban J connectivity index is 2.10. The number of benzene rings is 1. The van der Waals surface area contributed by atoms with Crippen LogP contribution in [0.4, 0.5) is 0 Å². The Kier molecular flexibility index (Phi) is 4.96. The first-order valence-electron chi connectivity index (χ1n) is 7.77. The fraction of sp³-hybridized carbons (Fsp3) is 0.529. The summed E-state index contributed by atoms with van der Waals surface area (Å²) in [4.78, 5) is 34.6. The van der Waals surface area contributed by atoms with Crippen molar-refractivity contribution in [3.8, 4) is 0 Å². The second kappa shape index (κ2) is 6.45. The molecule has 1 N–H and O–H groups in total. The van der Waals surface area contributed by atoms with E-state index >= 15 is 0 Å². The molecule has 0 aliphatic carbocycles. The summed E-state index contributed by atoms with van der Waals surface area (Å²) >= 11 is 0. The van der Waals surface area contributed by atoms with Crippen molar-refractivity contribution in [2.75, 3.05) is 6.61 Å². The fourth-order valence-electron chi connectivity index (χ4n) is 2.45. The minimum atomic E-state index is -2.46. The molecular formula is C17H24O5Si. The number of esters is 2. The van der Waals surface area contributed by atoms with Crippen molar-refractivity contribution in [1.82, 2.24) is 0 Å². The lowest BCUT2D eigenvalue weighted by atomic mass is 9.93. The van der Waals surface area contributed by atoms with Gasteiger partial charge in [-0.05, 0) is 36.7 Å². The summed E-state index contributed by atoms with van der Waals surface area (Å²) in [6.45, 7) is 7.66. The molecule has 1 aromatic rings. The number of hydrogen-bond donors (Lipinski definition) is 1. The number of cyclic esters (lactones) is 1. The van der Waals surface area contributed by atoms with E-state index in [4.69, 9.17) is 9.47 Å². The molecule has 0 amide bonds. The molecule has 126 valence electrons. The van der Waals surface area contributed by atoms with Crippen LogP contribution in [0.1, 0.15) is 30.6 Å². The molecule has 1 heterocycles. The Morgan fingerprint density at radius 1 is 1.35 bits per heavy atom. The monoisotopic (exact) mass is 336 g/mol. The van der Waals surface area contributed by atoms with Crippen molar-refractivity contribution in [1.29, 1.82) is 0 Å². The third-order valence-corrected chi connectivity index (χ3v) is 8.31. The summed E-state index contributed by atoms with van der Waals surface area (Å²) in [5.41, 5.74) is 0.446. The number of hydrogen-bond acceptors (Lipinski definition) is 5. The highest BCUT2D eigenvalue weighted by atomic mass is 28.4. The largest absolute Gasteiger partial charge is 0.461 e. The second-order valence-corrected chi connectivity index (χ2v) is 11.7. The zero-order valence-electron chi connectivity index (χ0n) is 14.0. The maximum Gasteiger partial charge on any atom is 0.338 e. The molecule has 0 aromatic heterocycles. The Labute approximate surface area is 137 Å². The van der Waals surface area contributed by atoms with Gasteiger partial charge >= 0.3 is 11.9 Å². The standard InChI is InChI=1S/C17H24O5Si/c1-17(2,23(3,4)20)10-13-14(11-21-16(13)19)22-15(18)12-8-6-5-7-9-12/h5-9,13-14,20H,10-11H2,1-4H3/t13-,14-/m0/s1. The van der Waals surface area contributed by atoms with E-state index < -0.39 is 31.3 Å². The highest BCUT2D eigenvalue weighted by Crippen LogP contribution is 2.44. The van der Waals surface area contributed by atoms with Gasteiger partial charge in [0.2, 0.25) is 0 Å². The van der Waals surface area contributed by atoms with Gasteiger partial charge in [0, 0.05) is 0 Å². The van der Waals surface area contributed by atoms with Crippen molar-refractivity contribution < 1.29 is 23.9 Å². The first-order valence-corrected chi connectivity index (χ1v) is 10.7. The molecule has 2 atom stereocenters.